The first-order valence-corrected chi connectivity index (χ1v) is 26.4. The number of hydrogen-bond acceptors (Lipinski definition) is 5. The van der Waals surface area contributed by atoms with Crippen molar-refractivity contribution in [3.63, 3.8) is 0 Å². The fraction of sp³-hybridized carbons (Fsp3) is 0.927. The molecule has 0 heterocycles. The molecule has 0 aliphatic heterocycles. The lowest BCUT2D eigenvalue weighted by Crippen LogP contribution is -2.60. The Morgan fingerprint density at radius 3 is 2.10 bits per heavy atom. The second-order valence-corrected chi connectivity index (χ2v) is 31.7. The van der Waals surface area contributed by atoms with Gasteiger partial charge in [0.15, 0.2) is 16.6 Å². The van der Waals surface area contributed by atoms with Gasteiger partial charge in [0.05, 0.1) is 11.7 Å². The van der Waals surface area contributed by atoms with Crippen molar-refractivity contribution < 1.29 is 23.5 Å². The van der Waals surface area contributed by atoms with Crippen LogP contribution in [0.25, 0.3) is 0 Å². The summed E-state index contributed by atoms with van der Waals surface area (Å²) in [5.41, 5.74) is 0.722. The lowest BCUT2D eigenvalue weighted by molar-refractivity contribution is -0.174. The van der Waals surface area contributed by atoms with E-state index in [0.29, 0.717) is 29.6 Å². The van der Waals surface area contributed by atoms with Crippen LogP contribution in [-0.2, 0) is 18.4 Å². The Morgan fingerprint density at radius 2 is 1.57 bits per heavy atom. The molecule has 3 saturated carbocycles. The van der Waals surface area contributed by atoms with Crippen LogP contribution >= 0.6 is 15.9 Å². The SMILES string of the molecule is CC(=O)O[C@@H]1C[C@]2(C)[C@@H]([C@H](C)CC[C@@H](O[Si](C)(C)C(C)(C)C)C(C)(C)O)CC[C@H]2[C@@H]2C(Br)C=C3C[C@@H](O[Si](C)(C)C(C)(C)C)CC[C@]3(C)[C@H]21. The highest BCUT2D eigenvalue weighted by molar-refractivity contribution is 9.09. The Balaban J connectivity index is 1.59. The third-order valence-electron chi connectivity index (χ3n) is 15.2. The van der Waals surface area contributed by atoms with Crippen molar-refractivity contribution in [1.82, 2.24) is 0 Å². The molecule has 8 heteroatoms. The first-order chi connectivity index (χ1) is 22.0. The normalized spacial score (nSPS) is 37.0. The molecule has 11 atom stereocenters. The largest absolute Gasteiger partial charge is 0.462 e. The maximum absolute atomic E-state index is 12.8. The third-order valence-corrected chi connectivity index (χ3v) is 25.1. The fourth-order valence-corrected chi connectivity index (χ4v) is 14.2. The number of allylic oxidation sites excluding steroid dienone is 1. The van der Waals surface area contributed by atoms with Crippen molar-refractivity contribution >= 4 is 38.5 Å². The molecule has 0 spiro atoms. The van der Waals surface area contributed by atoms with Crippen LogP contribution in [0.1, 0.15) is 134 Å². The molecular formula is C41H75BrO5Si2. The molecule has 4 rings (SSSR count). The number of ether oxygens (including phenoxy) is 1. The number of rotatable bonds is 10. The van der Waals surface area contributed by atoms with Crippen LogP contribution in [0.4, 0.5) is 0 Å². The molecule has 0 bridgehead atoms. The molecular weight excluding hydrogens is 709 g/mol. The monoisotopic (exact) mass is 782 g/mol. The van der Waals surface area contributed by atoms with E-state index < -0.39 is 22.2 Å². The number of fused-ring (bicyclic) bond motifs is 5. The van der Waals surface area contributed by atoms with Gasteiger partial charge in [-0.25, -0.2) is 0 Å². The zero-order valence-corrected chi connectivity index (χ0v) is 38.0. The van der Waals surface area contributed by atoms with Gasteiger partial charge in [-0.15, -0.1) is 0 Å². The summed E-state index contributed by atoms with van der Waals surface area (Å²) in [7, 11) is -3.93. The Kier molecular flexibility index (Phi) is 11.9. The predicted octanol–water partition coefficient (Wildman–Crippen LogP) is 11.4. The molecule has 0 aromatic carbocycles. The minimum atomic E-state index is -2.05. The van der Waals surface area contributed by atoms with Crippen molar-refractivity contribution in [1.29, 1.82) is 0 Å². The number of alkyl halides is 1. The molecule has 0 radical (unpaired) electrons. The molecule has 0 saturated heterocycles. The van der Waals surface area contributed by atoms with E-state index in [4.69, 9.17) is 13.6 Å². The highest BCUT2D eigenvalue weighted by Gasteiger charge is 2.65. The molecule has 0 aromatic heterocycles. The summed E-state index contributed by atoms with van der Waals surface area (Å²) >= 11 is 4.27. The Bertz CT molecular complexity index is 1230. The average Bonchev–Trinajstić information content (AvgIpc) is 3.25. The Hall–Kier alpha value is 0.00377. The summed E-state index contributed by atoms with van der Waals surface area (Å²) < 4.78 is 20.3. The third kappa shape index (κ3) is 8.24. The molecule has 4 aliphatic rings. The molecule has 1 unspecified atom stereocenters. The van der Waals surface area contributed by atoms with Gasteiger partial charge in [-0.1, -0.05) is 89.9 Å². The number of carbonyl (C=O) groups excluding carboxylic acids is 1. The summed E-state index contributed by atoms with van der Waals surface area (Å²) in [6.07, 6.45) is 11.0. The van der Waals surface area contributed by atoms with Crippen LogP contribution < -0.4 is 0 Å². The molecule has 5 nitrogen and oxygen atoms in total. The maximum atomic E-state index is 12.8. The van der Waals surface area contributed by atoms with Crippen LogP contribution in [-0.4, -0.2) is 56.5 Å². The minimum absolute atomic E-state index is 0.00833. The Labute approximate surface area is 312 Å². The van der Waals surface area contributed by atoms with E-state index in [2.05, 4.69) is 111 Å². The summed E-state index contributed by atoms with van der Waals surface area (Å²) in [5, 5.41) is 11.5. The summed E-state index contributed by atoms with van der Waals surface area (Å²) in [6, 6.07) is 0. The smallest absolute Gasteiger partial charge is 0.302 e. The predicted molar refractivity (Wildman–Crippen MR) is 213 cm³/mol. The van der Waals surface area contributed by atoms with Crippen LogP contribution in [0.15, 0.2) is 11.6 Å². The first kappa shape index (κ1) is 41.8. The van der Waals surface area contributed by atoms with Crippen LogP contribution in [0.2, 0.25) is 36.3 Å². The molecule has 4 aliphatic carbocycles. The van der Waals surface area contributed by atoms with Crippen molar-refractivity contribution in [2.75, 3.05) is 0 Å². The van der Waals surface area contributed by atoms with Gasteiger partial charge in [0, 0.05) is 23.8 Å². The quantitative estimate of drug-likeness (QED) is 0.103. The molecule has 3 fully saturated rings. The van der Waals surface area contributed by atoms with Crippen LogP contribution in [0, 0.1) is 40.4 Å². The standard InChI is InChI=1S/C41H75BrO5Si2/c1-26(17-20-34(39(9,10)44)47-49(15,16)38(6,7)8)30-18-19-31-35-32(42)24-28-23-29(46-48(13,14)37(3,4)5)21-22-40(28,11)36(35)33(45-27(2)43)25-41(30,31)12/h24,26,29-36,44H,17-23,25H2,1-16H3/t26-,29+,30-,31+,32?,33-,34-,35-,36+,40+,41-/m1/s1. The zero-order valence-electron chi connectivity index (χ0n) is 34.4. The second kappa shape index (κ2) is 14.0. The fourth-order valence-electron chi connectivity index (χ4n) is 10.3. The van der Waals surface area contributed by atoms with E-state index in [0.717, 1.165) is 38.5 Å². The summed E-state index contributed by atoms with van der Waals surface area (Å²) in [4.78, 5) is 13.1. The van der Waals surface area contributed by atoms with E-state index >= 15 is 0 Å². The number of aliphatic hydroxyl groups is 1. The van der Waals surface area contributed by atoms with Crippen molar-refractivity contribution in [2.24, 2.45) is 40.4 Å². The van der Waals surface area contributed by atoms with E-state index in [-0.39, 0.29) is 50.0 Å². The van der Waals surface area contributed by atoms with E-state index in [9.17, 15) is 9.90 Å². The van der Waals surface area contributed by atoms with Crippen molar-refractivity contribution in [2.45, 2.75) is 199 Å². The average molecular weight is 784 g/mol. The van der Waals surface area contributed by atoms with Gasteiger partial charge in [-0.3, -0.25) is 4.79 Å². The van der Waals surface area contributed by atoms with Crippen molar-refractivity contribution in [3.8, 4) is 0 Å². The topological polar surface area (TPSA) is 65.0 Å². The molecule has 0 amide bonds. The molecule has 284 valence electrons. The number of hydrogen-bond donors (Lipinski definition) is 1. The minimum Gasteiger partial charge on any atom is -0.462 e. The summed E-state index contributed by atoms with van der Waals surface area (Å²) in [6.45, 7) is 36.1. The molecule has 0 aromatic rings. The van der Waals surface area contributed by atoms with Gasteiger partial charge in [-0.2, -0.15) is 0 Å². The zero-order chi connectivity index (χ0) is 37.3. The second-order valence-electron chi connectivity index (χ2n) is 21.1. The number of carbonyl (C=O) groups is 1. The lowest BCUT2D eigenvalue weighted by Gasteiger charge is -2.62. The lowest BCUT2D eigenvalue weighted by atomic mass is 9.46. The van der Waals surface area contributed by atoms with Gasteiger partial charge in [0.25, 0.3) is 0 Å². The molecule has 1 N–H and O–H groups in total. The van der Waals surface area contributed by atoms with Crippen molar-refractivity contribution in [3.05, 3.63) is 11.6 Å². The first-order valence-electron chi connectivity index (χ1n) is 19.7. The van der Waals surface area contributed by atoms with Gasteiger partial charge >= 0.3 is 5.97 Å². The van der Waals surface area contributed by atoms with Crippen LogP contribution in [0.5, 0.6) is 0 Å². The number of halogens is 1. The van der Waals surface area contributed by atoms with Gasteiger partial charge in [0.2, 0.25) is 0 Å². The van der Waals surface area contributed by atoms with Gasteiger partial charge < -0.3 is 18.7 Å². The van der Waals surface area contributed by atoms with Gasteiger partial charge in [0.1, 0.15) is 6.10 Å². The summed E-state index contributed by atoms with van der Waals surface area (Å²) in [5.74, 6) is 2.19. The molecule has 49 heavy (non-hydrogen) atoms. The van der Waals surface area contributed by atoms with E-state index in [1.54, 1.807) is 6.92 Å². The highest BCUT2D eigenvalue weighted by atomic mass is 79.9. The van der Waals surface area contributed by atoms with Gasteiger partial charge in [-0.05, 0) is 136 Å². The van der Waals surface area contributed by atoms with E-state index in [1.807, 2.05) is 13.8 Å². The highest BCUT2D eigenvalue weighted by Crippen LogP contribution is 2.69. The maximum Gasteiger partial charge on any atom is 0.302 e. The van der Waals surface area contributed by atoms with E-state index in [1.165, 1.54) is 18.4 Å². The number of esters is 1. The Morgan fingerprint density at radius 1 is 0.980 bits per heavy atom. The van der Waals surface area contributed by atoms with Crippen LogP contribution in [0.3, 0.4) is 0 Å².